The molecule has 0 bridgehead atoms. The molecule has 1 aliphatic rings. The van der Waals surface area contributed by atoms with Crippen molar-refractivity contribution < 1.29 is 15.3 Å². The van der Waals surface area contributed by atoms with Crippen LogP contribution in [0.15, 0.2) is 0 Å². The van der Waals surface area contributed by atoms with Gasteiger partial charge in [-0.05, 0) is 0 Å². The number of hydrogen-bond donors (Lipinski definition) is 3. The fourth-order valence-electron chi connectivity index (χ4n) is 0.828. The summed E-state index contributed by atoms with van der Waals surface area (Å²) in [5.74, 6) is 0.534. The maximum Gasteiger partial charge on any atom is 0.0947 e. The van der Waals surface area contributed by atoms with Crippen LogP contribution in [0.5, 0.6) is 0 Å². The first-order valence-electron chi connectivity index (χ1n) is 2.84. The zero-order valence-electron chi connectivity index (χ0n) is 4.90. The van der Waals surface area contributed by atoms with Gasteiger partial charge in [0.05, 0.1) is 24.1 Å². The summed E-state index contributed by atoms with van der Waals surface area (Å²) in [4.78, 5) is 0. The molecule has 0 radical (unpaired) electrons. The van der Waals surface area contributed by atoms with Crippen molar-refractivity contribution in [3.05, 3.63) is 0 Å². The van der Waals surface area contributed by atoms with E-state index in [9.17, 15) is 0 Å². The normalized spacial score (nSPS) is 43.7. The van der Waals surface area contributed by atoms with Crippen LogP contribution in [0.1, 0.15) is 0 Å². The van der Waals surface area contributed by atoms with E-state index in [-0.39, 0.29) is 11.9 Å². The van der Waals surface area contributed by atoms with Gasteiger partial charge in [0.1, 0.15) is 0 Å². The number of rotatable bonds is 1. The summed E-state index contributed by atoms with van der Waals surface area (Å²) in [5, 5.41) is 26.3. The second-order valence-corrected chi connectivity index (χ2v) is 3.38. The molecule has 1 heterocycles. The molecule has 0 aromatic carbocycles. The van der Waals surface area contributed by atoms with Gasteiger partial charge < -0.3 is 15.3 Å². The SMILES string of the molecule is OC[C@@H]1SC[C@@H](O)[C@@H]1O. The summed E-state index contributed by atoms with van der Waals surface area (Å²) in [6, 6.07) is 0. The molecule has 0 unspecified atom stereocenters. The summed E-state index contributed by atoms with van der Waals surface area (Å²) < 4.78 is 0. The Balaban J connectivity index is 2.41. The zero-order chi connectivity index (χ0) is 6.85. The van der Waals surface area contributed by atoms with Gasteiger partial charge in [0.15, 0.2) is 0 Å². The minimum absolute atomic E-state index is 0.0527. The van der Waals surface area contributed by atoms with E-state index in [2.05, 4.69) is 0 Å². The van der Waals surface area contributed by atoms with Crippen molar-refractivity contribution in [2.24, 2.45) is 0 Å². The van der Waals surface area contributed by atoms with Crippen LogP contribution in [-0.2, 0) is 0 Å². The number of aliphatic hydroxyl groups excluding tert-OH is 3. The summed E-state index contributed by atoms with van der Waals surface area (Å²) >= 11 is 1.41. The molecule has 1 rings (SSSR count). The van der Waals surface area contributed by atoms with Gasteiger partial charge >= 0.3 is 0 Å². The Hall–Kier alpha value is 0.230. The van der Waals surface area contributed by atoms with E-state index in [1.807, 2.05) is 0 Å². The van der Waals surface area contributed by atoms with Gasteiger partial charge in [0.2, 0.25) is 0 Å². The Morgan fingerprint density at radius 1 is 1.44 bits per heavy atom. The first kappa shape index (κ1) is 7.34. The highest BCUT2D eigenvalue weighted by molar-refractivity contribution is 8.00. The Kier molecular flexibility index (Phi) is 2.35. The molecule has 3 nitrogen and oxygen atoms in total. The standard InChI is InChI=1S/C5H10O3S/c6-1-4-5(8)3(7)2-9-4/h3-8H,1-2H2/t3-,4+,5+/m1/s1. The lowest BCUT2D eigenvalue weighted by Gasteiger charge is -2.11. The predicted octanol–water partition coefficient (Wildman–Crippen LogP) is -1.18. The third kappa shape index (κ3) is 1.38. The van der Waals surface area contributed by atoms with Gasteiger partial charge in [-0.2, -0.15) is 11.8 Å². The second kappa shape index (κ2) is 2.88. The monoisotopic (exact) mass is 150 g/mol. The minimum Gasteiger partial charge on any atom is -0.395 e. The molecule has 0 spiro atoms. The van der Waals surface area contributed by atoms with E-state index >= 15 is 0 Å². The zero-order valence-corrected chi connectivity index (χ0v) is 5.71. The number of thioether (sulfide) groups is 1. The van der Waals surface area contributed by atoms with Crippen LogP contribution in [0.25, 0.3) is 0 Å². The molecular formula is C5H10O3S. The van der Waals surface area contributed by atoms with E-state index in [1.54, 1.807) is 0 Å². The van der Waals surface area contributed by atoms with Gasteiger partial charge in [-0.1, -0.05) is 0 Å². The maximum absolute atomic E-state index is 9.03. The lowest BCUT2D eigenvalue weighted by Crippen LogP contribution is -2.30. The number of hydrogen-bond acceptors (Lipinski definition) is 4. The lowest BCUT2D eigenvalue weighted by molar-refractivity contribution is 0.0326. The van der Waals surface area contributed by atoms with Crippen molar-refractivity contribution in [3.8, 4) is 0 Å². The highest BCUT2D eigenvalue weighted by atomic mass is 32.2. The van der Waals surface area contributed by atoms with Crippen molar-refractivity contribution in [2.45, 2.75) is 17.5 Å². The van der Waals surface area contributed by atoms with E-state index in [4.69, 9.17) is 15.3 Å². The third-order valence-electron chi connectivity index (χ3n) is 1.44. The molecule has 3 atom stereocenters. The van der Waals surface area contributed by atoms with E-state index in [0.29, 0.717) is 5.75 Å². The van der Waals surface area contributed by atoms with Crippen LogP contribution in [0.4, 0.5) is 0 Å². The molecule has 0 aromatic rings. The van der Waals surface area contributed by atoms with E-state index in [1.165, 1.54) is 11.8 Å². The Morgan fingerprint density at radius 2 is 2.11 bits per heavy atom. The second-order valence-electron chi connectivity index (χ2n) is 2.11. The van der Waals surface area contributed by atoms with Crippen LogP contribution in [0.2, 0.25) is 0 Å². The summed E-state index contributed by atoms with van der Waals surface area (Å²) in [6.45, 7) is -0.0527. The van der Waals surface area contributed by atoms with Crippen LogP contribution < -0.4 is 0 Å². The summed E-state index contributed by atoms with van der Waals surface area (Å²) in [5.41, 5.74) is 0. The molecule has 1 aliphatic heterocycles. The van der Waals surface area contributed by atoms with Gasteiger partial charge in [0, 0.05) is 5.75 Å². The summed E-state index contributed by atoms with van der Waals surface area (Å²) in [6.07, 6.45) is -1.38. The number of aliphatic hydroxyl groups is 3. The molecule has 1 fully saturated rings. The van der Waals surface area contributed by atoms with Crippen LogP contribution in [-0.4, -0.2) is 45.1 Å². The maximum atomic E-state index is 9.03. The highest BCUT2D eigenvalue weighted by Gasteiger charge is 2.33. The first-order chi connectivity index (χ1) is 4.25. The fourth-order valence-corrected chi connectivity index (χ4v) is 1.95. The van der Waals surface area contributed by atoms with Crippen molar-refractivity contribution in [3.63, 3.8) is 0 Å². The van der Waals surface area contributed by atoms with Gasteiger partial charge in [0.25, 0.3) is 0 Å². The summed E-state index contributed by atoms with van der Waals surface area (Å²) in [7, 11) is 0. The van der Waals surface area contributed by atoms with Gasteiger partial charge in [-0.3, -0.25) is 0 Å². The lowest BCUT2D eigenvalue weighted by atomic mass is 10.2. The smallest absolute Gasteiger partial charge is 0.0947 e. The van der Waals surface area contributed by atoms with Crippen molar-refractivity contribution in [2.75, 3.05) is 12.4 Å². The van der Waals surface area contributed by atoms with Crippen LogP contribution in [0.3, 0.4) is 0 Å². The molecule has 54 valence electrons. The van der Waals surface area contributed by atoms with Crippen LogP contribution >= 0.6 is 11.8 Å². The fraction of sp³-hybridized carbons (Fsp3) is 1.00. The quantitative estimate of drug-likeness (QED) is 0.440. The molecule has 0 aromatic heterocycles. The molecule has 4 heteroatoms. The highest BCUT2D eigenvalue weighted by Crippen LogP contribution is 2.26. The molecule has 0 aliphatic carbocycles. The first-order valence-corrected chi connectivity index (χ1v) is 3.89. The molecule has 0 saturated carbocycles. The third-order valence-corrected chi connectivity index (χ3v) is 2.83. The topological polar surface area (TPSA) is 60.7 Å². The predicted molar refractivity (Wildman–Crippen MR) is 35.3 cm³/mol. The molecular weight excluding hydrogens is 140 g/mol. The van der Waals surface area contributed by atoms with E-state index in [0.717, 1.165) is 0 Å². The van der Waals surface area contributed by atoms with Gasteiger partial charge in [-0.25, -0.2) is 0 Å². The molecule has 3 N–H and O–H groups in total. The molecule has 1 saturated heterocycles. The van der Waals surface area contributed by atoms with Crippen molar-refractivity contribution >= 4 is 11.8 Å². The van der Waals surface area contributed by atoms with Crippen molar-refractivity contribution in [1.29, 1.82) is 0 Å². The average molecular weight is 150 g/mol. The average Bonchev–Trinajstić information content (AvgIpc) is 2.15. The minimum atomic E-state index is -0.736. The molecule has 9 heavy (non-hydrogen) atoms. The molecule has 0 amide bonds. The van der Waals surface area contributed by atoms with Crippen molar-refractivity contribution in [1.82, 2.24) is 0 Å². The van der Waals surface area contributed by atoms with Gasteiger partial charge in [-0.15, -0.1) is 0 Å². The Labute approximate surface area is 57.7 Å². The Bertz CT molecular complexity index is 98.2. The largest absolute Gasteiger partial charge is 0.395 e. The van der Waals surface area contributed by atoms with E-state index < -0.39 is 12.2 Å². The van der Waals surface area contributed by atoms with Crippen LogP contribution in [0, 0.1) is 0 Å². The Morgan fingerprint density at radius 3 is 2.33 bits per heavy atom.